The Hall–Kier alpha value is -4.37. The number of nitrogens with zero attached hydrogens (tertiary/aromatic N) is 4. The molecule has 1 aliphatic heterocycles. The van der Waals surface area contributed by atoms with Crippen molar-refractivity contribution in [3.63, 3.8) is 0 Å². The number of anilines is 4. The molecule has 9 nitrogen and oxygen atoms in total. The molecule has 4 aromatic rings. The topological polar surface area (TPSA) is 98.4 Å². The highest BCUT2D eigenvalue weighted by atomic mass is 16.5. The summed E-state index contributed by atoms with van der Waals surface area (Å²) in [7, 11) is 3.73. The fraction of sp³-hybridized carbons (Fsp3) is 0.222. The summed E-state index contributed by atoms with van der Waals surface area (Å²) in [5.74, 6) is 0.754. The van der Waals surface area contributed by atoms with Gasteiger partial charge in [-0.2, -0.15) is 4.98 Å². The average Bonchev–Trinajstić information content (AvgIpc) is 3.38. The van der Waals surface area contributed by atoms with Crippen LogP contribution in [0, 0.1) is 0 Å². The minimum absolute atomic E-state index is 0.281. The first-order valence-electron chi connectivity index (χ1n) is 11.8. The lowest BCUT2D eigenvalue weighted by atomic mass is 10.1. The normalized spacial score (nSPS) is 14.0. The van der Waals surface area contributed by atoms with Crippen LogP contribution in [0.2, 0.25) is 0 Å². The molecule has 9 heteroatoms. The Morgan fingerprint density at radius 2 is 1.86 bits per heavy atom. The van der Waals surface area contributed by atoms with E-state index >= 15 is 0 Å². The van der Waals surface area contributed by atoms with Gasteiger partial charge in [-0.25, -0.2) is 4.98 Å². The molecular formula is C27H29N7O2. The number of nitrogens with one attached hydrogen (secondary N) is 3. The van der Waals surface area contributed by atoms with Crippen molar-refractivity contribution in [2.75, 3.05) is 55.9 Å². The monoisotopic (exact) mass is 483 g/mol. The van der Waals surface area contributed by atoms with Crippen LogP contribution in [-0.4, -0.2) is 66.1 Å². The molecule has 0 bridgehead atoms. The number of benzene rings is 2. The second kappa shape index (κ2) is 10.1. The molecule has 3 heterocycles. The number of hydrogen-bond donors (Lipinski definition) is 3. The number of likely N-dealkylation sites (N-methyl/N-ethyl adjacent to an activating group) is 1. The van der Waals surface area contributed by atoms with Gasteiger partial charge in [-0.05, 0) is 25.3 Å². The second-order valence-electron chi connectivity index (χ2n) is 8.68. The van der Waals surface area contributed by atoms with Gasteiger partial charge in [0.25, 0.3) is 0 Å². The summed E-state index contributed by atoms with van der Waals surface area (Å²) in [4.78, 5) is 29.5. The number of fused-ring (bicyclic) bond motifs is 1. The van der Waals surface area contributed by atoms with E-state index in [9.17, 15) is 4.79 Å². The highest BCUT2D eigenvalue weighted by Gasteiger charge is 2.21. The van der Waals surface area contributed by atoms with E-state index in [0.717, 1.165) is 54.2 Å². The molecule has 2 aromatic carbocycles. The van der Waals surface area contributed by atoms with E-state index in [1.807, 2.05) is 54.7 Å². The molecule has 0 aliphatic carbocycles. The summed E-state index contributed by atoms with van der Waals surface area (Å²) in [6.07, 6.45) is 3.11. The van der Waals surface area contributed by atoms with E-state index in [1.165, 1.54) is 6.08 Å². The second-order valence-corrected chi connectivity index (χ2v) is 8.68. The van der Waals surface area contributed by atoms with Crippen LogP contribution in [0.25, 0.3) is 22.3 Å². The lowest BCUT2D eigenvalue weighted by Gasteiger charge is -2.35. The van der Waals surface area contributed by atoms with Crippen LogP contribution >= 0.6 is 0 Å². The molecular weight excluding hydrogens is 454 g/mol. The van der Waals surface area contributed by atoms with Crippen LogP contribution in [-0.2, 0) is 4.79 Å². The van der Waals surface area contributed by atoms with Gasteiger partial charge in [0.15, 0.2) is 0 Å². The lowest BCUT2D eigenvalue weighted by Crippen LogP contribution is -2.44. The first-order valence-corrected chi connectivity index (χ1v) is 11.8. The number of methoxy groups -OCH3 is 1. The van der Waals surface area contributed by atoms with Gasteiger partial charge < -0.3 is 30.2 Å². The molecule has 0 radical (unpaired) electrons. The summed E-state index contributed by atoms with van der Waals surface area (Å²) >= 11 is 0. The number of H-pyrrole nitrogens is 1. The zero-order valence-corrected chi connectivity index (χ0v) is 20.4. The van der Waals surface area contributed by atoms with E-state index in [2.05, 4.69) is 44.0 Å². The van der Waals surface area contributed by atoms with Gasteiger partial charge in [0.05, 0.1) is 29.9 Å². The first-order chi connectivity index (χ1) is 17.6. The Bertz CT molecular complexity index is 1390. The Morgan fingerprint density at radius 1 is 1.08 bits per heavy atom. The van der Waals surface area contributed by atoms with Gasteiger partial charge in [0.2, 0.25) is 11.9 Å². The molecule has 1 saturated heterocycles. The SMILES string of the molecule is C=CC(=O)Nc1cc(Nc2nc(-c3ccccc3)c3cc[nH]c3n2)c(OC)cc1N1CCN(C)CC1. The summed E-state index contributed by atoms with van der Waals surface area (Å²) in [5.41, 5.74) is 4.73. The highest BCUT2D eigenvalue weighted by Crippen LogP contribution is 2.39. The number of piperazine rings is 1. The highest BCUT2D eigenvalue weighted by molar-refractivity contribution is 6.02. The van der Waals surface area contributed by atoms with Gasteiger partial charge in [0, 0.05) is 49.4 Å². The molecule has 3 N–H and O–H groups in total. The third-order valence-electron chi connectivity index (χ3n) is 6.31. The van der Waals surface area contributed by atoms with Crippen molar-refractivity contribution in [2.45, 2.75) is 0 Å². The maximum absolute atomic E-state index is 12.3. The predicted molar refractivity (Wildman–Crippen MR) is 144 cm³/mol. The third kappa shape index (κ3) is 4.73. The summed E-state index contributed by atoms with van der Waals surface area (Å²) in [6, 6.07) is 15.8. The van der Waals surface area contributed by atoms with Crippen molar-refractivity contribution in [1.29, 1.82) is 0 Å². The molecule has 36 heavy (non-hydrogen) atoms. The van der Waals surface area contributed by atoms with Crippen molar-refractivity contribution in [3.05, 3.63) is 67.4 Å². The largest absolute Gasteiger partial charge is 0.494 e. The third-order valence-corrected chi connectivity index (χ3v) is 6.31. The van der Waals surface area contributed by atoms with Crippen LogP contribution < -0.4 is 20.3 Å². The summed E-state index contributed by atoms with van der Waals surface area (Å²) < 4.78 is 5.75. The van der Waals surface area contributed by atoms with Gasteiger partial charge in [0.1, 0.15) is 11.4 Å². The number of rotatable bonds is 7. The van der Waals surface area contributed by atoms with Crippen LogP contribution in [0.3, 0.4) is 0 Å². The minimum Gasteiger partial charge on any atom is -0.494 e. The lowest BCUT2D eigenvalue weighted by molar-refractivity contribution is -0.111. The number of aromatic nitrogens is 3. The van der Waals surface area contributed by atoms with Gasteiger partial charge in [-0.15, -0.1) is 0 Å². The van der Waals surface area contributed by atoms with Gasteiger partial charge >= 0.3 is 0 Å². The zero-order chi connectivity index (χ0) is 25.1. The molecule has 0 atom stereocenters. The van der Waals surface area contributed by atoms with Crippen LogP contribution in [0.5, 0.6) is 5.75 Å². The van der Waals surface area contributed by atoms with E-state index in [0.29, 0.717) is 23.1 Å². The molecule has 5 rings (SSSR count). The minimum atomic E-state index is -0.281. The van der Waals surface area contributed by atoms with Crippen LogP contribution in [0.4, 0.5) is 23.0 Å². The number of hydrogen-bond acceptors (Lipinski definition) is 7. The predicted octanol–water partition coefficient (Wildman–Crippen LogP) is 4.25. The van der Waals surface area contributed by atoms with E-state index in [1.54, 1.807) is 7.11 Å². The maximum atomic E-state index is 12.3. The van der Waals surface area contributed by atoms with Crippen molar-refractivity contribution in [3.8, 4) is 17.0 Å². The molecule has 0 saturated carbocycles. The molecule has 1 fully saturated rings. The Kier molecular flexibility index (Phi) is 6.55. The van der Waals surface area contributed by atoms with Crippen molar-refractivity contribution >= 4 is 40.0 Å². The smallest absolute Gasteiger partial charge is 0.247 e. The number of carbonyl (C=O) groups excluding carboxylic acids is 1. The Morgan fingerprint density at radius 3 is 2.58 bits per heavy atom. The summed E-state index contributed by atoms with van der Waals surface area (Å²) in [6.45, 7) is 7.15. The maximum Gasteiger partial charge on any atom is 0.247 e. The van der Waals surface area contributed by atoms with Gasteiger partial charge in [-0.3, -0.25) is 4.79 Å². The molecule has 1 aliphatic rings. The molecule has 184 valence electrons. The molecule has 0 spiro atoms. The fourth-order valence-electron chi connectivity index (χ4n) is 4.36. The quantitative estimate of drug-likeness (QED) is 0.338. The summed E-state index contributed by atoms with van der Waals surface area (Å²) in [5, 5.41) is 7.20. The van der Waals surface area contributed by atoms with Gasteiger partial charge in [-0.1, -0.05) is 36.9 Å². The number of ether oxygens (including phenoxy) is 1. The average molecular weight is 484 g/mol. The molecule has 0 unspecified atom stereocenters. The van der Waals surface area contributed by atoms with Crippen molar-refractivity contribution in [2.24, 2.45) is 0 Å². The number of aromatic amines is 1. The number of carbonyl (C=O) groups is 1. The molecule has 1 amide bonds. The standard InChI is InChI=1S/C27H29N7O2/c1-4-24(35)29-20-16-21(23(36-3)17-22(20)34-14-12-33(2)13-15-34)30-27-31-25(18-8-6-5-7-9-18)19-10-11-28-26(19)32-27/h4-11,16-17H,1,12-15H2,2-3H3,(H,29,35)(H2,28,30,31,32). The van der Waals surface area contributed by atoms with Crippen LogP contribution in [0.15, 0.2) is 67.4 Å². The van der Waals surface area contributed by atoms with Crippen molar-refractivity contribution in [1.82, 2.24) is 19.9 Å². The number of amides is 1. The van der Waals surface area contributed by atoms with E-state index in [-0.39, 0.29) is 5.91 Å². The molecule has 2 aromatic heterocycles. The zero-order valence-electron chi connectivity index (χ0n) is 20.4. The van der Waals surface area contributed by atoms with E-state index in [4.69, 9.17) is 9.72 Å². The van der Waals surface area contributed by atoms with Crippen molar-refractivity contribution < 1.29 is 9.53 Å². The Balaban J connectivity index is 1.56. The van der Waals surface area contributed by atoms with E-state index < -0.39 is 0 Å². The Labute approximate surface area is 209 Å². The van der Waals surface area contributed by atoms with Crippen LogP contribution in [0.1, 0.15) is 0 Å². The fourth-order valence-corrected chi connectivity index (χ4v) is 4.36. The first kappa shape index (κ1) is 23.4.